The third kappa shape index (κ3) is 2.76. The van der Waals surface area contributed by atoms with Crippen molar-refractivity contribution in [2.75, 3.05) is 12.4 Å². The molecule has 76 valence electrons. The predicted molar refractivity (Wildman–Crippen MR) is 60.9 cm³/mol. The third-order valence-corrected chi connectivity index (χ3v) is 3.58. The Labute approximate surface area is 89.9 Å². The monoisotopic (exact) mass is 208 g/mol. The molecule has 1 saturated heterocycles. The normalized spacial score (nSPS) is 21.4. The second-order valence-electron chi connectivity index (χ2n) is 3.76. The van der Waals surface area contributed by atoms with Gasteiger partial charge in [0.25, 0.3) is 0 Å². The fraction of sp³-hybridized carbons (Fsp3) is 0.500. The summed E-state index contributed by atoms with van der Waals surface area (Å²) in [6, 6.07) is 8.66. The number of rotatable bonds is 3. The van der Waals surface area contributed by atoms with E-state index in [0.29, 0.717) is 6.10 Å². The Morgan fingerprint density at radius 2 is 2.43 bits per heavy atom. The van der Waals surface area contributed by atoms with Crippen LogP contribution in [-0.4, -0.2) is 18.5 Å². The number of aryl methyl sites for hydroxylation is 1. The summed E-state index contributed by atoms with van der Waals surface area (Å²) in [5.41, 5.74) is 1.34. The molecule has 1 aromatic rings. The van der Waals surface area contributed by atoms with Crippen molar-refractivity contribution in [1.29, 1.82) is 0 Å². The summed E-state index contributed by atoms with van der Waals surface area (Å²) in [6.45, 7) is 3.09. The molecule has 2 rings (SSSR count). The van der Waals surface area contributed by atoms with Gasteiger partial charge in [0.2, 0.25) is 0 Å². The van der Waals surface area contributed by atoms with Gasteiger partial charge in [0.05, 0.1) is 6.10 Å². The van der Waals surface area contributed by atoms with Crippen LogP contribution in [0.5, 0.6) is 0 Å². The van der Waals surface area contributed by atoms with Crippen LogP contribution in [0, 0.1) is 6.92 Å². The quantitative estimate of drug-likeness (QED) is 0.705. The van der Waals surface area contributed by atoms with Crippen LogP contribution >= 0.6 is 11.8 Å². The second kappa shape index (κ2) is 4.85. The van der Waals surface area contributed by atoms with E-state index in [9.17, 15) is 0 Å². The molecule has 1 heterocycles. The Balaban J connectivity index is 1.85. The summed E-state index contributed by atoms with van der Waals surface area (Å²) in [6.07, 6.45) is 2.96. The zero-order valence-corrected chi connectivity index (χ0v) is 9.35. The molecule has 1 fully saturated rings. The maximum absolute atomic E-state index is 5.58. The molecule has 14 heavy (non-hydrogen) atoms. The topological polar surface area (TPSA) is 9.23 Å². The molecule has 0 aliphatic carbocycles. The molecule has 2 heteroatoms. The first-order valence-corrected chi connectivity index (χ1v) is 6.14. The first-order chi connectivity index (χ1) is 6.84. The van der Waals surface area contributed by atoms with Crippen LogP contribution in [0.3, 0.4) is 0 Å². The molecule has 0 aromatic heterocycles. The lowest BCUT2D eigenvalue weighted by atomic mass is 10.2. The minimum Gasteiger partial charge on any atom is -0.377 e. The molecule has 1 aliphatic rings. The van der Waals surface area contributed by atoms with Crippen molar-refractivity contribution in [2.45, 2.75) is 30.8 Å². The van der Waals surface area contributed by atoms with Crippen molar-refractivity contribution >= 4 is 11.8 Å². The lowest BCUT2D eigenvalue weighted by Crippen LogP contribution is -2.07. The van der Waals surface area contributed by atoms with Crippen molar-refractivity contribution in [2.24, 2.45) is 0 Å². The van der Waals surface area contributed by atoms with E-state index >= 15 is 0 Å². The van der Waals surface area contributed by atoms with Gasteiger partial charge in [-0.15, -0.1) is 11.8 Å². The van der Waals surface area contributed by atoms with Crippen LogP contribution in [0.15, 0.2) is 29.2 Å². The standard InChI is InChI=1S/C12H16OS/c1-10-4-2-6-12(8-10)14-9-11-5-3-7-13-11/h2,4,6,8,11H,3,5,7,9H2,1H3. The van der Waals surface area contributed by atoms with Gasteiger partial charge in [-0.2, -0.15) is 0 Å². The highest BCUT2D eigenvalue weighted by Crippen LogP contribution is 2.24. The molecule has 1 atom stereocenters. The summed E-state index contributed by atoms with van der Waals surface area (Å²) in [5.74, 6) is 1.10. The lowest BCUT2D eigenvalue weighted by Gasteiger charge is -2.08. The molecule has 0 N–H and O–H groups in total. The molecule has 0 saturated carbocycles. The van der Waals surface area contributed by atoms with Crippen LogP contribution in [0.4, 0.5) is 0 Å². The molecular formula is C12H16OS. The highest BCUT2D eigenvalue weighted by atomic mass is 32.2. The lowest BCUT2D eigenvalue weighted by molar-refractivity contribution is 0.129. The molecule has 1 aromatic carbocycles. The molecule has 1 nitrogen and oxygen atoms in total. The Morgan fingerprint density at radius 1 is 1.50 bits per heavy atom. The zero-order chi connectivity index (χ0) is 9.80. The summed E-state index contributed by atoms with van der Waals surface area (Å²) >= 11 is 1.91. The van der Waals surface area contributed by atoms with E-state index in [1.54, 1.807) is 0 Å². The number of thioether (sulfide) groups is 1. The van der Waals surface area contributed by atoms with Crippen LogP contribution in [-0.2, 0) is 4.74 Å². The number of hydrogen-bond donors (Lipinski definition) is 0. The van der Waals surface area contributed by atoms with Crippen LogP contribution < -0.4 is 0 Å². The van der Waals surface area contributed by atoms with Gasteiger partial charge in [-0.05, 0) is 31.9 Å². The number of hydrogen-bond acceptors (Lipinski definition) is 2. The molecule has 0 bridgehead atoms. The minimum atomic E-state index is 0.487. The summed E-state index contributed by atoms with van der Waals surface area (Å²) in [7, 11) is 0. The first-order valence-electron chi connectivity index (χ1n) is 5.16. The van der Waals surface area contributed by atoms with Gasteiger partial charge >= 0.3 is 0 Å². The van der Waals surface area contributed by atoms with E-state index in [1.807, 2.05) is 11.8 Å². The highest BCUT2D eigenvalue weighted by Gasteiger charge is 2.15. The van der Waals surface area contributed by atoms with Crippen molar-refractivity contribution < 1.29 is 4.74 Å². The van der Waals surface area contributed by atoms with Crippen molar-refractivity contribution in [1.82, 2.24) is 0 Å². The Bertz CT molecular complexity index is 292. The van der Waals surface area contributed by atoms with E-state index in [2.05, 4.69) is 31.2 Å². The molecule has 1 aliphatic heterocycles. The molecule has 0 spiro atoms. The second-order valence-corrected chi connectivity index (χ2v) is 4.86. The SMILES string of the molecule is Cc1cccc(SCC2CCCO2)c1. The summed E-state index contributed by atoms with van der Waals surface area (Å²) in [4.78, 5) is 1.36. The van der Waals surface area contributed by atoms with Crippen LogP contribution in [0.2, 0.25) is 0 Å². The van der Waals surface area contributed by atoms with Gasteiger partial charge < -0.3 is 4.74 Å². The van der Waals surface area contributed by atoms with E-state index < -0.39 is 0 Å². The van der Waals surface area contributed by atoms with Crippen LogP contribution in [0.1, 0.15) is 18.4 Å². The Kier molecular flexibility index (Phi) is 3.49. The van der Waals surface area contributed by atoms with E-state index in [0.717, 1.165) is 12.4 Å². The summed E-state index contributed by atoms with van der Waals surface area (Å²) < 4.78 is 5.58. The molecule has 0 amide bonds. The van der Waals surface area contributed by atoms with Gasteiger partial charge in [-0.3, -0.25) is 0 Å². The van der Waals surface area contributed by atoms with Gasteiger partial charge in [-0.1, -0.05) is 17.7 Å². The van der Waals surface area contributed by atoms with E-state index in [1.165, 1.54) is 23.3 Å². The average molecular weight is 208 g/mol. The predicted octanol–water partition coefficient (Wildman–Crippen LogP) is 3.27. The minimum absolute atomic E-state index is 0.487. The number of ether oxygens (including phenoxy) is 1. The third-order valence-electron chi connectivity index (χ3n) is 2.45. The zero-order valence-electron chi connectivity index (χ0n) is 8.53. The Morgan fingerprint density at radius 3 is 3.14 bits per heavy atom. The maximum atomic E-state index is 5.58. The van der Waals surface area contributed by atoms with Gasteiger partial charge in [0.1, 0.15) is 0 Å². The fourth-order valence-corrected chi connectivity index (χ4v) is 2.76. The maximum Gasteiger partial charge on any atom is 0.0669 e. The van der Waals surface area contributed by atoms with Crippen molar-refractivity contribution in [3.05, 3.63) is 29.8 Å². The van der Waals surface area contributed by atoms with Crippen molar-refractivity contribution in [3.63, 3.8) is 0 Å². The van der Waals surface area contributed by atoms with Gasteiger partial charge in [0.15, 0.2) is 0 Å². The highest BCUT2D eigenvalue weighted by molar-refractivity contribution is 7.99. The van der Waals surface area contributed by atoms with Crippen molar-refractivity contribution in [3.8, 4) is 0 Å². The smallest absolute Gasteiger partial charge is 0.0669 e. The molecule has 1 unspecified atom stereocenters. The molecule has 0 radical (unpaired) electrons. The molecular weight excluding hydrogens is 192 g/mol. The summed E-state index contributed by atoms with van der Waals surface area (Å²) in [5, 5.41) is 0. The van der Waals surface area contributed by atoms with Crippen LogP contribution in [0.25, 0.3) is 0 Å². The Hall–Kier alpha value is -0.470. The van der Waals surface area contributed by atoms with Gasteiger partial charge in [-0.25, -0.2) is 0 Å². The van der Waals surface area contributed by atoms with Gasteiger partial charge in [0, 0.05) is 17.3 Å². The number of benzene rings is 1. The van der Waals surface area contributed by atoms with E-state index in [4.69, 9.17) is 4.74 Å². The average Bonchev–Trinajstić information content (AvgIpc) is 2.67. The van der Waals surface area contributed by atoms with E-state index in [-0.39, 0.29) is 0 Å². The fourth-order valence-electron chi connectivity index (χ4n) is 1.67. The largest absolute Gasteiger partial charge is 0.377 e. The first kappa shape index (κ1) is 10.1.